The van der Waals surface area contributed by atoms with Gasteiger partial charge in [0.05, 0.1) is 22.9 Å². The van der Waals surface area contributed by atoms with Gasteiger partial charge in [-0.1, -0.05) is 31.0 Å². The van der Waals surface area contributed by atoms with Crippen LogP contribution in [0.5, 0.6) is 5.75 Å². The first kappa shape index (κ1) is 21.9. The highest BCUT2D eigenvalue weighted by Gasteiger charge is 2.49. The number of fused-ring (bicyclic) bond motifs is 1. The van der Waals surface area contributed by atoms with Crippen LogP contribution in [0.1, 0.15) is 61.3 Å². The normalized spacial score (nSPS) is 17.8. The van der Waals surface area contributed by atoms with E-state index < -0.39 is 21.3 Å². The fraction of sp³-hybridized carbons (Fsp3) is 0.385. The minimum Gasteiger partial charge on any atom is -0.496 e. The van der Waals surface area contributed by atoms with E-state index >= 15 is 0 Å². The summed E-state index contributed by atoms with van der Waals surface area (Å²) in [5.74, 6) is 0.648. The number of carbonyl (C=O) groups excluding carboxylic acids is 1. The highest BCUT2D eigenvalue weighted by molar-refractivity contribution is 7.90. The van der Waals surface area contributed by atoms with Crippen molar-refractivity contribution in [2.75, 3.05) is 7.11 Å². The molecule has 33 heavy (non-hydrogen) atoms. The van der Waals surface area contributed by atoms with E-state index in [9.17, 15) is 13.2 Å². The number of aryl methyl sites for hydroxylation is 1. The average molecular weight is 465 g/mol. The Bertz CT molecular complexity index is 1340. The van der Waals surface area contributed by atoms with E-state index in [0.717, 1.165) is 30.5 Å². The van der Waals surface area contributed by atoms with Gasteiger partial charge in [-0.15, -0.1) is 0 Å². The summed E-state index contributed by atoms with van der Waals surface area (Å²) in [6, 6.07) is 14.5. The van der Waals surface area contributed by atoms with Crippen molar-refractivity contribution in [2.45, 2.75) is 61.7 Å². The summed E-state index contributed by atoms with van der Waals surface area (Å²) in [4.78, 5) is 18.1. The summed E-state index contributed by atoms with van der Waals surface area (Å²) in [6.07, 6.45) is 5.56. The molecule has 0 aliphatic heterocycles. The molecule has 2 aliphatic rings. The van der Waals surface area contributed by atoms with Crippen molar-refractivity contribution >= 4 is 26.8 Å². The molecule has 6 nitrogen and oxygen atoms in total. The van der Waals surface area contributed by atoms with Gasteiger partial charge in [0.1, 0.15) is 5.75 Å². The summed E-state index contributed by atoms with van der Waals surface area (Å²) in [6.45, 7) is 1.86. The molecule has 0 saturated heterocycles. The molecule has 1 amide bonds. The van der Waals surface area contributed by atoms with E-state index in [1.807, 2.05) is 13.0 Å². The molecule has 2 aliphatic carbocycles. The van der Waals surface area contributed by atoms with Crippen LogP contribution in [0.4, 0.5) is 0 Å². The number of rotatable bonds is 6. The Hall–Kier alpha value is -2.93. The number of amides is 1. The molecule has 1 N–H and O–H groups in total. The number of sulfonamides is 1. The molecule has 0 unspecified atom stereocenters. The van der Waals surface area contributed by atoms with Gasteiger partial charge in [0.15, 0.2) is 0 Å². The van der Waals surface area contributed by atoms with Crippen LogP contribution in [0, 0.1) is 6.92 Å². The third-order valence-electron chi connectivity index (χ3n) is 7.31. The van der Waals surface area contributed by atoms with Crippen molar-refractivity contribution in [3.63, 3.8) is 0 Å². The maximum atomic E-state index is 13.6. The Labute approximate surface area is 194 Å². The Kier molecular flexibility index (Phi) is 5.40. The molecular formula is C26H28N2O4S. The standard InChI is InChI=1S/C26H28N2O4S/c1-17-10-12-20-22(27-17)8-4-9-24(20)33(30,31)28-25(29)26(14-5-15-26)21-16-19(18-6-3-7-18)11-13-23(21)32-2/h4,8-13,16,18H,3,5-7,14-15H2,1-2H3,(H,28,29). The van der Waals surface area contributed by atoms with Gasteiger partial charge in [0.2, 0.25) is 5.91 Å². The first-order chi connectivity index (χ1) is 15.8. The zero-order valence-electron chi connectivity index (χ0n) is 18.9. The zero-order chi connectivity index (χ0) is 23.2. The van der Waals surface area contributed by atoms with Crippen molar-refractivity contribution in [1.82, 2.24) is 9.71 Å². The maximum Gasteiger partial charge on any atom is 0.264 e. The first-order valence-electron chi connectivity index (χ1n) is 11.5. The third kappa shape index (κ3) is 3.68. The van der Waals surface area contributed by atoms with Crippen LogP contribution < -0.4 is 9.46 Å². The molecule has 5 rings (SSSR count). The van der Waals surface area contributed by atoms with Gasteiger partial charge in [0, 0.05) is 16.6 Å². The number of ether oxygens (including phenoxy) is 1. The van der Waals surface area contributed by atoms with E-state index in [4.69, 9.17) is 4.74 Å². The lowest BCUT2D eigenvalue weighted by atomic mass is 9.63. The first-order valence-corrected chi connectivity index (χ1v) is 12.9. The van der Waals surface area contributed by atoms with Crippen LogP contribution in [-0.4, -0.2) is 26.4 Å². The average Bonchev–Trinajstić information content (AvgIpc) is 2.71. The van der Waals surface area contributed by atoms with Gasteiger partial charge in [-0.2, -0.15) is 0 Å². The summed E-state index contributed by atoms with van der Waals surface area (Å²) in [5, 5.41) is 0.496. The minimum absolute atomic E-state index is 0.0607. The van der Waals surface area contributed by atoms with Crippen LogP contribution in [0.3, 0.4) is 0 Å². The highest BCUT2D eigenvalue weighted by atomic mass is 32.2. The minimum atomic E-state index is -4.09. The number of methoxy groups -OCH3 is 1. The summed E-state index contributed by atoms with van der Waals surface area (Å²) < 4.78 is 34.7. The fourth-order valence-electron chi connectivity index (χ4n) is 4.98. The van der Waals surface area contributed by atoms with Crippen molar-refractivity contribution in [1.29, 1.82) is 0 Å². The summed E-state index contributed by atoms with van der Waals surface area (Å²) in [5.41, 5.74) is 2.47. The topological polar surface area (TPSA) is 85.4 Å². The van der Waals surface area contributed by atoms with Crippen molar-refractivity contribution in [2.24, 2.45) is 0 Å². The lowest BCUT2D eigenvalue weighted by Crippen LogP contribution is -2.51. The number of hydrogen-bond acceptors (Lipinski definition) is 5. The molecule has 1 aromatic heterocycles. The fourth-order valence-corrected chi connectivity index (χ4v) is 6.25. The molecule has 7 heteroatoms. The molecule has 0 spiro atoms. The zero-order valence-corrected chi connectivity index (χ0v) is 19.7. The van der Waals surface area contributed by atoms with E-state index in [1.54, 1.807) is 31.4 Å². The van der Waals surface area contributed by atoms with E-state index in [-0.39, 0.29) is 4.90 Å². The van der Waals surface area contributed by atoms with Gasteiger partial charge in [-0.3, -0.25) is 9.78 Å². The number of aromatic nitrogens is 1. The quantitative estimate of drug-likeness (QED) is 0.569. The predicted octanol–water partition coefficient (Wildman–Crippen LogP) is 4.75. The number of carbonyl (C=O) groups is 1. The number of hydrogen-bond donors (Lipinski definition) is 1. The Morgan fingerprint density at radius 1 is 1.09 bits per heavy atom. The van der Waals surface area contributed by atoms with Crippen LogP contribution >= 0.6 is 0 Å². The molecule has 0 radical (unpaired) electrons. The smallest absolute Gasteiger partial charge is 0.264 e. The molecule has 172 valence electrons. The van der Waals surface area contributed by atoms with E-state index in [0.29, 0.717) is 35.4 Å². The highest BCUT2D eigenvalue weighted by Crippen LogP contribution is 2.49. The second-order valence-electron chi connectivity index (χ2n) is 9.23. The molecule has 1 heterocycles. The van der Waals surface area contributed by atoms with Gasteiger partial charge in [-0.25, -0.2) is 13.1 Å². The van der Waals surface area contributed by atoms with E-state index in [2.05, 4.69) is 21.8 Å². The molecule has 0 bridgehead atoms. The molecule has 2 fully saturated rings. The lowest BCUT2D eigenvalue weighted by molar-refractivity contribution is -0.128. The molecule has 3 aromatic rings. The third-order valence-corrected chi connectivity index (χ3v) is 8.69. The van der Waals surface area contributed by atoms with Crippen LogP contribution in [0.2, 0.25) is 0 Å². The van der Waals surface area contributed by atoms with Gasteiger partial charge < -0.3 is 4.74 Å². The van der Waals surface area contributed by atoms with Crippen molar-refractivity contribution in [3.8, 4) is 5.75 Å². The van der Waals surface area contributed by atoms with Crippen LogP contribution in [0.25, 0.3) is 10.9 Å². The monoisotopic (exact) mass is 464 g/mol. The number of nitrogens with one attached hydrogen (secondary N) is 1. The number of benzene rings is 2. The number of nitrogens with zero attached hydrogens (tertiary/aromatic N) is 1. The van der Waals surface area contributed by atoms with Gasteiger partial charge >= 0.3 is 0 Å². The Morgan fingerprint density at radius 3 is 2.52 bits per heavy atom. The molecule has 2 aromatic carbocycles. The van der Waals surface area contributed by atoms with Crippen LogP contribution in [-0.2, 0) is 20.2 Å². The molecular weight excluding hydrogens is 436 g/mol. The van der Waals surface area contributed by atoms with Crippen molar-refractivity contribution in [3.05, 3.63) is 65.4 Å². The lowest BCUT2D eigenvalue weighted by Gasteiger charge is -2.41. The summed E-state index contributed by atoms with van der Waals surface area (Å²) in [7, 11) is -2.49. The Balaban J connectivity index is 1.51. The van der Waals surface area contributed by atoms with Gasteiger partial charge in [-0.05, 0) is 74.4 Å². The maximum absolute atomic E-state index is 13.6. The molecule has 0 atom stereocenters. The molecule has 2 saturated carbocycles. The summed E-state index contributed by atoms with van der Waals surface area (Å²) >= 11 is 0. The second-order valence-corrected chi connectivity index (χ2v) is 10.9. The second kappa shape index (κ2) is 8.13. The number of pyridine rings is 1. The van der Waals surface area contributed by atoms with Crippen molar-refractivity contribution < 1.29 is 17.9 Å². The SMILES string of the molecule is COc1ccc(C2CCC2)cc1C1(C(=O)NS(=O)(=O)c2cccc3nc(C)ccc23)CCC1. The van der Waals surface area contributed by atoms with E-state index in [1.165, 1.54) is 18.1 Å². The Morgan fingerprint density at radius 2 is 1.88 bits per heavy atom. The van der Waals surface area contributed by atoms with Crippen LogP contribution in [0.15, 0.2) is 53.4 Å². The van der Waals surface area contributed by atoms with Gasteiger partial charge in [0.25, 0.3) is 10.0 Å². The predicted molar refractivity (Wildman–Crippen MR) is 127 cm³/mol. The largest absolute Gasteiger partial charge is 0.496 e.